The average Bonchev–Trinajstić information content (AvgIpc) is 3.24. The van der Waals surface area contributed by atoms with Crippen LogP contribution in [-0.4, -0.2) is 50.3 Å². The molecule has 1 fully saturated rings. The van der Waals surface area contributed by atoms with E-state index in [4.69, 9.17) is 14.2 Å². The van der Waals surface area contributed by atoms with Crippen LogP contribution in [0.1, 0.15) is 33.6 Å². The maximum Gasteiger partial charge on any atom is 0.339 e. The third-order valence-corrected chi connectivity index (χ3v) is 4.40. The Bertz CT molecular complexity index is 800. The second-order valence-corrected chi connectivity index (χ2v) is 6.20. The van der Waals surface area contributed by atoms with Crippen molar-refractivity contribution >= 4 is 17.6 Å². The van der Waals surface area contributed by atoms with Gasteiger partial charge in [0.15, 0.2) is 0 Å². The zero-order chi connectivity index (χ0) is 19.2. The molecule has 0 saturated carbocycles. The van der Waals surface area contributed by atoms with Gasteiger partial charge in [0.2, 0.25) is 5.88 Å². The Hall–Kier alpha value is -2.93. The molecule has 0 N–H and O–H groups in total. The number of hydrogen-bond acceptors (Lipinski definition) is 6. The molecule has 0 radical (unpaired) electrons. The predicted molar refractivity (Wildman–Crippen MR) is 99.2 cm³/mol. The summed E-state index contributed by atoms with van der Waals surface area (Å²) in [4.78, 5) is 30.3. The van der Waals surface area contributed by atoms with Crippen LogP contribution in [0.3, 0.4) is 0 Å². The summed E-state index contributed by atoms with van der Waals surface area (Å²) < 4.78 is 15.9. The lowest BCUT2D eigenvalue weighted by Gasteiger charge is -2.20. The van der Waals surface area contributed by atoms with Crippen molar-refractivity contribution in [2.45, 2.75) is 18.9 Å². The SMILES string of the molecule is COC(=O)c1ccccc1N(C)C(=O)c1ccc(OC[C@H]2CCCO2)nc1. The molecule has 0 unspecified atom stereocenters. The molecule has 2 aromatic rings. The summed E-state index contributed by atoms with van der Waals surface area (Å²) in [6, 6.07) is 10.1. The molecule has 2 heterocycles. The number of anilines is 1. The van der Waals surface area contributed by atoms with Gasteiger partial charge in [-0.15, -0.1) is 0 Å². The van der Waals surface area contributed by atoms with Crippen LogP contribution < -0.4 is 9.64 Å². The Morgan fingerprint density at radius 2 is 2.07 bits per heavy atom. The van der Waals surface area contributed by atoms with Crippen LogP contribution in [-0.2, 0) is 9.47 Å². The molecule has 142 valence electrons. The molecule has 1 saturated heterocycles. The number of rotatable bonds is 6. The van der Waals surface area contributed by atoms with Crippen LogP contribution in [0.4, 0.5) is 5.69 Å². The van der Waals surface area contributed by atoms with E-state index in [0.29, 0.717) is 29.3 Å². The highest BCUT2D eigenvalue weighted by molar-refractivity contribution is 6.09. The number of amides is 1. The molecule has 1 aliphatic heterocycles. The monoisotopic (exact) mass is 370 g/mol. The summed E-state index contributed by atoms with van der Waals surface area (Å²) in [5, 5.41) is 0. The minimum Gasteiger partial charge on any atom is -0.475 e. The normalized spacial score (nSPS) is 16.0. The van der Waals surface area contributed by atoms with Gasteiger partial charge in [0, 0.05) is 25.9 Å². The van der Waals surface area contributed by atoms with Crippen molar-refractivity contribution < 1.29 is 23.8 Å². The maximum atomic E-state index is 12.8. The first-order chi connectivity index (χ1) is 13.1. The lowest BCUT2D eigenvalue weighted by molar-refractivity contribution is 0.0601. The summed E-state index contributed by atoms with van der Waals surface area (Å²) in [7, 11) is 2.91. The molecule has 1 aromatic heterocycles. The van der Waals surface area contributed by atoms with Crippen molar-refractivity contribution in [3.05, 3.63) is 53.7 Å². The van der Waals surface area contributed by atoms with Crippen molar-refractivity contribution in [3.8, 4) is 5.88 Å². The molecule has 0 aliphatic carbocycles. The molecule has 1 atom stereocenters. The fourth-order valence-electron chi connectivity index (χ4n) is 2.90. The van der Waals surface area contributed by atoms with Crippen molar-refractivity contribution in [1.29, 1.82) is 0 Å². The quantitative estimate of drug-likeness (QED) is 0.728. The van der Waals surface area contributed by atoms with Crippen molar-refractivity contribution in [2.24, 2.45) is 0 Å². The molecule has 1 amide bonds. The van der Waals surface area contributed by atoms with Gasteiger partial charge in [-0.1, -0.05) is 12.1 Å². The number of esters is 1. The van der Waals surface area contributed by atoms with E-state index in [0.717, 1.165) is 19.4 Å². The van der Waals surface area contributed by atoms with E-state index in [2.05, 4.69) is 4.98 Å². The molecular formula is C20H22N2O5. The molecule has 0 bridgehead atoms. The topological polar surface area (TPSA) is 78.0 Å². The highest BCUT2D eigenvalue weighted by atomic mass is 16.5. The van der Waals surface area contributed by atoms with Gasteiger partial charge in [-0.25, -0.2) is 9.78 Å². The van der Waals surface area contributed by atoms with E-state index in [1.165, 1.54) is 18.2 Å². The van der Waals surface area contributed by atoms with Crippen LogP contribution in [0, 0.1) is 0 Å². The maximum absolute atomic E-state index is 12.8. The fourth-order valence-corrected chi connectivity index (χ4v) is 2.90. The molecule has 27 heavy (non-hydrogen) atoms. The Morgan fingerprint density at radius 1 is 1.26 bits per heavy atom. The molecule has 7 heteroatoms. The predicted octanol–water partition coefficient (Wildman–Crippen LogP) is 2.70. The van der Waals surface area contributed by atoms with Crippen LogP contribution in [0.5, 0.6) is 5.88 Å². The minimum absolute atomic E-state index is 0.106. The average molecular weight is 370 g/mol. The number of aromatic nitrogens is 1. The van der Waals surface area contributed by atoms with E-state index in [1.54, 1.807) is 43.4 Å². The largest absolute Gasteiger partial charge is 0.475 e. The highest BCUT2D eigenvalue weighted by Crippen LogP contribution is 2.22. The Labute approximate surface area is 157 Å². The van der Waals surface area contributed by atoms with E-state index in [-0.39, 0.29) is 12.0 Å². The first-order valence-corrected chi connectivity index (χ1v) is 8.76. The van der Waals surface area contributed by atoms with Gasteiger partial charge >= 0.3 is 5.97 Å². The first-order valence-electron chi connectivity index (χ1n) is 8.76. The zero-order valence-electron chi connectivity index (χ0n) is 15.4. The van der Waals surface area contributed by atoms with E-state index < -0.39 is 5.97 Å². The number of benzene rings is 1. The molecule has 3 rings (SSSR count). The van der Waals surface area contributed by atoms with Gasteiger partial charge in [0.1, 0.15) is 6.61 Å². The standard InChI is InChI=1S/C20H22N2O5/c1-22(17-8-4-3-7-16(17)20(24)25-2)19(23)14-9-10-18(21-12-14)27-13-15-6-5-11-26-15/h3-4,7-10,12,15H,5-6,11,13H2,1-2H3/t15-/m1/s1. The second-order valence-electron chi connectivity index (χ2n) is 6.20. The van der Waals surface area contributed by atoms with Gasteiger partial charge < -0.3 is 19.1 Å². The number of nitrogens with zero attached hydrogens (tertiary/aromatic N) is 2. The van der Waals surface area contributed by atoms with Gasteiger partial charge in [-0.3, -0.25) is 4.79 Å². The second kappa shape index (κ2) is 8.64. The Kier molecular flexibility index (Phi) is 6.03. The first kappa shape index (κ1) is 18.8. The number of para-hydroxylation sites is 1. The smallest absolute Gasteiger partial charge is 0.339 e. The number of carbonyl (C=O) groups excluding carboxylic acids is 2. The molecular weight excluding hydrogens is 348 g/mol. The minimum atomic E-state index is -0.499. The van der Waals surface area contributed by atoms with E-state index in [9.17, 15) is 9.59 Å². The van der Waals surface area contributed by atoms with Gasteiger partial charge in [-0.2, -0.15) is 0 Å². The summed E-state index contributed by atoms with van der Waals surface area (Å²) in [6.45, 7) is 1.22. The van der Waals surface area contributed by atoms with Crippen LogP contribution >= 0.6 is 0 Å². The fraction of sp³-hybridized carbons (Fsp3) is 0.350. The lowest BCUT2D eigenvalue weighted by Crippen LogP contribution is -2.28. The number of methoxy groups -OCH3 is 1. The van der Waals surface area contributed by atoms with Crippen LogP contribution in [0.25, 0.3) is 0 Å². The van der Waals surface area contributed by atoms with Crippen molar-refractivity contribution in [1.82, 2.24) is 4.98 Å². The van der Waals surface area contributed by atoms with Crippen LogP contribution in [0.15, 0.2) is 42.6 Å². The van der Waals surface area contributed by atoms with Gasteiger partial charge in [0.25, 0.3) is 5.91 Å². The van der Waals surface area contributed by atoms with Crippen molar-refractivity contribution in [3.63, 3.8) is 0 Å². The number of hydrogen-bond donors (Lipinski definition) is 0. The molecule has 1 aliphatic rings. The Balaban J connectivity index is 1.69. The zero-order valence-corrected chi connectivity index (χ0v) is 15.4. The summed E-state index contributed by atoms with van der Waals surface area (Å²) in [5.74, 6) is -0.342. The Morgan fingerprint density at radius 3 is 2.74 bits per heavy atom. The number of pyridine rings is 1. The summed E-state index contributed by atoms with van der Waals surface area (Å²) in [5.41, 5.74) is 1.18. The number of carbonyl (C=O) groups is 2. The van der Waals surface area contributed by atoms with E-state index in [1.807, 2.05) is 0 Å². The van der Waals surface area contributed by atoms with Crippen molar-refractivity contribution in [2.75, 3.05) is 32.3 Å². The molecule has 1 aromatic carbocycles. The summed E-state index contributed by atoms with van der Waals surface area (Å²) in [6.07, 6.45) is 3.61. The molecule has 7 nitrogen and oxygen atoms in total. The lowest BCUT2D eigenvalue weighted by atomic mass is 10.1. The van der Waals surface area contributed by atoms with Gasteiger partial charge in [-0.05, 0) is 31.0 Å². The van der Waals surface area contributed by atoms with E-state index >= 15 is 0 Å². The van der Waals surface area contributed by atoms with Crippen LogP contribution in [0.2, 0.25) is 0 Å². The highest BCUT2D eigenvalue weighted by Gasteiger charge is 2.20. The summed E-state index contributed by atoms with van der Waals surface area (Å²) >= 11 is 0. The number of ether oxygens (including phenoxy) is 3. The molecule has 0 spiro atoms. The van der Waals surface area contributed by atoms with Gasteiger partial charge in [0.05, 0.1) is 30.0 Å². The third kappa shape index (κ3) is 4.43. The third-order valence-electron chi connectivity index (χ3n) is 4.40.